The topological polar surface area (TPSA) is 93.7 Å². The summed E-state index contributed by atoms with van der Waals surface area (Å²) >= 11 is 0. The van der Waals surface area contributed by atoms with Crippen molar-refractivity contribution in [2.45, 2.75) is 13.2 Å². The van der Waals surface area contributed by atoms with E-state index in [2.05, 4.69) is 10.6 Å². The third-order valence-electron chi connectivity index (χ3n) is 2.71. The van der Waals surface area contributed by atoms with Crippen LogP contribution in [0.1, 0.15) is 17.3 Å². The van der Waals surface area contributed by atoms with Gasteiger partial charge < -0.3 is 20.1 Å². The second kappa shape index (κ2) is 8.13. The molecule has 0 radical (unpaired) electrons. The maximum absolute atomic E-state index is 11.6. The Labute approximate surface area is 122 Å². The average Bonchev–Trinajstić information content (AvgIpc) is 2.48. The van der Waals surface area contributed by atoms with Gasteiger partial charge in [0.05, 0.1) is 6.54 Å². The van der Waals surface area contributed by atoms with E-state index in [9.17, 15) is 14.4 Å². The Morgan fingerprint density at radius 2 is 1.62 bits per heavy atom. The SMILES string of the molecule is COC(CNC(=O)C(=O)Nc1ccc(C(C)=O)cc1)OC. The number of hydrogen-bond acceptors (Lipinski definition) is 5. The Kier molecular flexibility index (Phi) is 6.51. The van der Waals surface area contributed by atoms with Crippen LogP contribution in [0.25, 0.3) is 0 Å². The lowest BCUT2D eigenvalue weighted by atomic mass is 10.1. The molecular weight excluding hydrogens is 276 g/mol. The summed E-state index contributed by atoms with van der Waals surface area (Å²) < 4.78 is 9.77. The van der Waals surface area contributed by atoms with E-state index in [1.54, 1.807) is 24.3 Å². The summed E-state index contributed by atoms with van der Waals surface area (Å²) in [6.45, 7) is 1.51. The Hall–Kier alpha value is -2.25. The molecule has 1 aromatic carbocycles. The number of rotatable bonds is 6. The molecule has 0 aromatic heterocycles. The minimum atomic E-state index is -0.809. The number of amides is 2. The van der Waals surface area contributed by atoms with E-state index in [-0.39, 0.29) is 12.3 Å². The molecule has 2 N–H and O–H groups in total. The number of Topliss-reactive ketones (excluding diaryl/α,β-unsaturated/α-hetero) is 1. The highest BCUT2D eigenvalue weighted by Gasteiger charge is 2.15. The van der Waals surface area contributed by atoms with Gasteiger partial charge in [-0.3, -0.25) is 14.4 Å². The number of benzene rings is 1. The first kappa shape index (κ1) is 16.8. The molecule has 0 saturated heterocycles. The smallest absolute Gasteiger partial charge is 0.313 e. The molecule has 0 heterocycles. The summed E-state index contributed by atoms with van der Waals surface area (Å²) in [5.41, 5.74) is 0.954. The van der Waals surface area contributed by atoms with Crippen molar-refractivity contribution in [1.29, 1.82) is 0 Å². The average molecular weight is 294 g/mol. The van der Waals surface area contributed by atoms with Gasteiger partial charge in [-0.05, 0) is 31.2 Å². The first-order valence-corrected chi connectivity index (χ1v) is 6.23. The fraction of sp³-hybridized carbons (Fsp3) is 0.357. The van der Waals surface area contributed by atoms with Crippen LogP contribution in [0.3, 0.4) is 0 Å². The molecule has 7 heteroatoms. The maximum Gasteiger partial charge on any atom is 0.313 e. The fourth-order valence-corrected chi connectivity index (χ4v) is 1.50. The van der Waals surface area contributed by atoms with Crippen molar-refractivity contribution in [3.05, 3.63) is 29.8 Å². The number of carbonyl (C=O) groups excluding carboxylic acids is 3. The number of carbonyl (C=O) groups is 3. The van der Waals surface area contributed by atoms with Gasteiger partial charge in [-0.1, -0.05) is 0 Å². The Balaban J connectivity index is 2.52. The van der Waals surface area contributed by atoms with Crippen molar-refractivity contribution < 1.29 is 23.9 Å². The molecule has 1 aromatic rings. The fourth-order valence-electron chi connectivity index (χ4n) is 1.50. The normalized spacial score (nSPS) is 10.3. The van der Waals surface area contributed by atoms with Crippen LogP contribution in [-0.4, -0.2) is 44.7 Å². The summed E-state index contributed by atoms with van der Waals surface area (Å²) in [4.78, 5) is 34.3. The molecular formula is C14H18N2O5. The van der Waals surface area contributed by atoms with Gasteiger partial charge >= 0.3 is 11.8 Å². The number of nitrogens with one attached hydrogen (secondary N) is 2. The van der Waals surface area contributed by atoms with Crippen molar-refractivity contribution in [3.63, 3.8) is 0 Å². The van der Waals surface area contributed by atoms with E-state index in [0.717, 1.165) is 0 Å². The highest BCUT2D eigenvalue weighted by molar-refractivity contribution is 6.39. The quantitative estimate of drug-likeness (QED) is 0.454. The number of hydrogen-bond donors (Lipinski definition) is 2. The highest BCUT2D eigenvalue weighted by Crippen LogP contribution is 2.09. The van der Waals surface area contributed by atoms with Crippen molar-refractivity contribution in [2.24, 2.45) is 0 Å². The predicted octanol–water partition coefficient (Wildman–Crippen LogP) is 0.563. The maximum atomic E-state index is 11.6. The molecule has 2 amide bonds. The van der Waals surface area contributed by atoms with Crippen LogP contribution in [0.2, 0.25) is 0 Å². The molecule has 0 saturated carbocycles. The summed E-state index contributed by atoms with van der Waals surface area (Å²) in [5.74, 6) is -1.68. The highest BCUT2D eigenvalue weighted by atomic mass is 16.7. The number of ketones is 1. The summed E-state index contributed by atoms with van der Waals surface area (Å²) in [6.07, 6.45) is -0.614. The van der Waals surface area contributed by atoms with E-state index in [0.29, 0.717) is 11.3 Å². The van der Waals surface area contributed by atoms with Gasteiger partial charge in [0.1, 0.15) is 0 Å². The lowest BCUT2D eigenvalue weighted by molar-refractivity contribution is -0.139. The third-order valence-corrected chi connectivity index (χ3v) is 2.71. The van der Waals surface area contributed by atoms with Crippen LogP contribution >= 0.6 is 0 Å². The monoisotopic (exact) mass is 294 g/mol. The van der Waals surface area contributed by atoms with E-state index < -0.39 is 18.1 Å². The zero-order valence-corrected chi connectivity index (χ0v) is 12.1. The van der Waals surface area contributed by atoms with Gasteiger partial charge in [0, 0.05) is 25.5 Å². The van der Waals surface area contributed by atoms with Crippen molar-refractivity contribution in [1.82, 2.24) is 5.32 Å². The van der Waals surface area contributed by atoms with Crippen LogP contribution in [0, 0.1) is 0 Å². The predicted molar refractivity (Wildman–Crippen MR) is 75.9 cm³/mol. The van der Waals surface area contributed by atoms with Gasteiger partial charge in [0.25, 0.3) is 0 Å². The minimum absolute atomic E-state index is 0.0581. The van der Waals surface area contributed by atoms with Gasteiger partial charge in [-0.15, -0.1) is 0 Å². The zero-order chi connectivity index (χ0) is 15.8. The van der Waals surface area contributed by atoms with Crippen molar-refractivity contribution >= 4 is 23.3 Å². The van der Waals surface area contributed by atoms with Gasteiger partial charge in [0.15, 0.2) is 12.1 Å². The molecule has 7 nitrogen and oxygen atoms in total. The second-order valence-corrected chi connectivity index (χ2v) is 4.20. The van der Waals surface area contributed by atoms with E-state index in [1.807, 2.05) is 0 Å². The molecule has 0 unspecified atom stereocenters. The first-order chi connectivity index (χ1) is 9.97. The van der Waals surface area contributed by atoms with Crippen LogP contribution < -0.4 is 10.6 Å². The van der Waals surface area contributed by atoms with Crippen LogP contribution in [0.15, 0.2) is 24.3 Å². The van der Waals surface area contributed by atoms with Crippen molar-refractivity contribution in [2.75, 3.05) is 26.1 Å². The molecule has 0 fully saturated rings. The molecule has 0 spiro atoms. The molecule has 1 rings (SSSR count). The van der Waals surface area contributed by atoms with Gasteiger partial charge in [0.2, 0.25) is 0 Å². The molecule has 0 bridgehead atoms. The standard InChI is InChI=1S/C14H18N2O5/c1-9(17)10-4-6-11(7-5-10)16-14(19)13(18)15-8-12(20-2)21-3/h4-7,12H,8H2,1-3H3,(H,15,18)(H,16,19). The van der Waals surface area contributed by atoms with Crippen LogP contribution in [0.5, 0.6) is 0 Å². The number of anilines is 1. The Morgan fingerprint density at radius 1 is 1.05 bits per heavy atom. The van der Waals surface area contributed by atoms with Crippen molar-refractivity contribution in [3.8, 4) is 0 Å². The largest absolute Gasteiger partial charge is 0.354 e. The Morgan fingerprint density at radius 3 is 2.10 bits per heavy atom. The minimum Gasteiger partial charge on any atom is -0.354 e. The summed E-state index contributed by atoms with van der Waals surface area (Å²) in [5, 5.41) is 4.80. The zero-order valence-electron chi connectivity index (χ0n) is 12.1. The van der Waals surface area contributed by atoms with E-state index >= 15 is 0 Å². The molecule has 0 aliphatic carbocycles. The van der Waals surface area contributed by atoms with Crippen LogP contribution in [0.4, 0.5) is 5.69 Å². The van der Waals surface area contributed by atoms with E-state index in [1.165, 1.54) is 21.1 Å². The first-order valence-electron chi connectivity index (χ1n) is 6.23. The molecule has 0 aliphatic heterocycles. The second-order valence-electron chi connectivity index (χ2n) is 4.20. The lowest BCUT2D eigenvalue weighted by Crippen LogP contribution is -2.40. The van der Waals surface area contributed by atoms with Crippen LogP contribution in [-0.2, 0) is 19.1 Å². The van der Waals surface area contributed by atoms with Gasteiger partial charge in [-0.2, -0.15) is 0 Å². The van der Waals surface area contributed by atoms with Gasteiger partial charge in [-0.25, -0.2) is 0 Å². The third kappa shape index (κ3) is 5.33. The number of ether oxygens (including phenoxy) is 2. The molecule has 0 aliphatic rings. The summed E-state index contributed by atoms with van der Waals surface area (Å²) in [7, 11) is 2.86. The van der Waals surface area contributed by atoms with E-state index in [4.69, 9.17) is 9.47 Å². The lowest BCUT2D eigenvalue weighted by Gasteiger charge is -2.13. The molecule has 21 heavy (non-hydrogen) atoms. The summed E-state index contributed by atoms with van der Waals surface area (Å²) in [6, 6.07) is 6.24. The molecule has 114 valence electrons. The number of methoxy groups -OCH3 is 2. The Bertz CT molecular complexity index is 509. The molecule has 0 atom stereocenters.